The van der Waals surface area contributed by atoms with Gasteiger partial charge in [-0.2, -0.15) is 0 Å². The number of methoxy groups -OCH3 is 1. The topological polar surface area (TPSA) is 51.2 Å². The van der Waals surface area contributed by atoms with Gasteiger partial charge in [-0.1, -0.05) is 36.9 Å². The number of aromatic nitrogens is 1. The van der Waals surface area contributed by atoms with E-state index in [1.807, 2.05) is 37.3 Å². The first-order valence-electron chi connectivity index (χ1n) is 9.16. The Morgan fingerprint density at radius 1 is 1.21 bits per heavy atom. The molecule has 0 spiro atoms. The minimum atomic E-state index is -0.322. The summed E-state index contributed by atoms with van der Waals surface area (Å²) in [7, 11) is 1.40. The second-order valence-corrected chi connectivity index (χ2v) is 6.59. The molecule has 0 aliphatic heterocycles. The smallest absolute Gasteiger partial charge is 0.337 e. The van der Waals surface area contributed by atoms with E-state index in [2.05, 4.69) is 48.1 Å². The van der Waals surface area contributed by atoms with E-state index in [4.69, 9.17) is 4.74 Å². The van der Waals surface area contributed by atoms with Gasteiger partial charge in [0, 0.05) is 5.69 Å². The van der Waals surface area contributed by atoms with Gasteiger partial charge in [0.2, 0.25) is 0 Å². The number of carbonyl (C=O) groups is 1. The summed E-state index contributed by atoms with van der Waals surface area (Å²) < 4.78 is 4.89. The van der Waals surface area contributed by atoms with E-state index >= 15 is 0 Å². The Morgan fingerprint density at radius 2 is 2.04 bits per heavy atom. The van der Waals surface area contributed by atoms with Crippen molar-refractivity contribution < 1.29 is 9.53 Å². The minimum Gasteiger partial charge on any atom is -0.465 e. The van der Waals surface area contributed by atoms with Gasteiger partial charge in [0.05, 0.1) is 24.1 Å². The highest BCUT2D eigenvalue weighted by atomic mass is 16.5. The quantitative estimate of drug-likeness (QED) is 0.820. The molecule has 3 rings (SSSR count). The Labute approximate surface area is 165 Å². The molecular weight excluding hydrogens is 348 g/mol. The van der Waals surface area contributed by atoms with Gasteiger partial charge in [-0.3, -0.25) is 4.98 Å². The molecule has 4 heteroatoms. The van der Waals surface area contributed by atoms with Crippen molar-refractivity contribution in [2.45, 2.75) is 20.3 Å². The number of hydrogen-bond acceptors (Lipinski definition) is 4. The predicted octanol–water partition coefficient (Wildman–Crippen LogP) is 3.08. The van der Waals surface area contributed by atoms with Crippen LogP contribution < -0.4 is 15.8 Å². The van der Waals surface area contributed by atoms with Gasteiger partial charge in [0.1, 0.15) is 0 Å². The van der Waals surface area contributed by atoms with E-state index in [-0.39, 0.29) is 5.97 Å². The Bertz CT molecular complexity index is 1110. The van der Waals surface area contributed by atoms with E-state index in [0.717, 1.165) is 38.7 Å². The number of nitrogens with one attached hydrogen (secondary N) is 1. The van der Waals surface area contributed by atoms with Crippen molar-refractivity contribution in [1.29, 1.82) is 0 Å². The molecule has 0 unspecified atom stereocenters. The molecule has 1 N–H and O–H groups in total. The largest absolute Gasteiger partial charge is 0.465 e. The summed E-state index contributed by atoms with van der Waals surface area (Å²) in [5.74, 6) is -0.322. The lowest BCUT2D eigenvalue weighted by Crippen LogP contribution is -2.25. The number of pyridine rings is 1. The van der Waals surface area contributed by atoms with Crippen molar-refractivity contribution >= 4 is 29.4 Å². The van der Waals surface area contributed by atoms with E-state index < -0.39 is 0 Å². The van der Waals surface area contributed by atoms with Crippen molar-refractivity contribution in [3.63, 3.8) is 0 Å². The average Bonchev–Trinajstić information content (AvgIpc) is 2.92. The van der Waals surface area contributed by atoms with Gasteiger partial charge >= 0.3 is 5.97 Å². The van der Waals surface area contributed by atoms with Crippen LogP contribution in [-0.4, -0.2) is 18.1 Å². The maximum Gasteiger partial charge on any atom is 0.337 e. The van der Waals surface area contributed by atoms with Crippen molar-refractivity contribution in [3.05, 3.63) is 88.2 Å². The van der Waals surface area contributed by atoms with E-state index in [1.165, 1.54) is 7.11 Å². The number of aryl methyl sites for hydroxylation is 1. The van der Waals surface area contributed by atoms with Crippen LogP contribution in [0.4, 0.5) is 0 Å². The second-order valence-electron chi connectivity index (χ2n) is 6.59. The second kappa shape index (κ2) is 8.53. The van der Waals surface area contributed by atoms with Crippen LogP contribution in [0.3, 0.4) is 0 Å². The molecule has 1 heterocycles. The van der Waals surface area contributed by atoms with Crippen LogP contribution >= 0.6 is 0 Å². The van der Waals surface area contributed by atoms with Crippen LogP contribution in [0.25, 0.3) is 23.4 Å². The zero-order valence-electron chi connectivity index (χ0n) is 16.5. The normalized spacial score (nSPS) is 13.6. The highest BCUT2D eigenvalue weighted by Crippen LogP contribution is 2.22. The number of hydrogen-bond donors (Lipinski definition) is 1. The Hall–Kier alpha value is -3.40. The van der Waals surface area contributed by atoms with Gasteiger partial charge < -0.3 is 10.1 Å². The van der Waals surface area contributed by atoms with Crippen LogP contribution in [0.5, 0.6) is 0 Å². The minimum absolute atomic E-state index is 0.322. The monoisotopic (exact) mass is 372 g/mol. The van der Waals surface area contributed by atoms with Crippen LogP contribution in [0.1, 0.15) is 30.3 Å². The number of rotatable bonds is 5. The Morgan fingerprint density at radius 3 is 2.75 bits per heavy atom. The van der Waals surface area contributed by atoms with Crippen molar-refractivity contribution in [2.75, 3.05) is 7.11 Å². The molecular formula is C24H24N2O2. The van der Waals surface area contributed by atoms with Gasteiger partial charge in [0.15, 0.2) is 0 Å². The number of benzene rings is 1. The van der Waals surface area contributed by atoms with Gasteiger partial charge in [0.25, 0.3) is 0 Å². The first-order chi connectivity index (χ1) is 13.5. The van der Waals surface area contributed by atoms with Gasteiger partial charge in [-0.25, -0.2) is 4.79 Å². The molecule has 0 fully saturated rings. The van der Waals surface area contributed by atoms with Crippen LogP contribution in [0.15, 0.2) is 60.8 Å². The van der Waals surface area contributed by atoms with E-state index in [0.29, 0.717) is 12.0 Å². The standard InChI is InChI=1S/C24H24N2O2/c1-5-25-23(22-11-6-8-16(2)26-22)17(3)19-13-12-18-9-7-10-20(24(27)28-4)15-21(18)14-19/h5-6,8-15,25H,1,7H2,2-4H3/b23-17+. The molecule has 0 radical (unpaired) electrons. The van der Waals surface area contributed by atoms with Crippen molar-refractivity contribution in [3.8, 4) is 0 Å². The number of ether oxygens (including phenoxy) is 1. The lowest BCUT2D eigenvalue weighted by atomic mass is 10.0. The molecule has 0 saturated carbocycles. The average molecular weight is 372 g/mol. The van der Waals surface area contributed by atoms with Gasteiger partial charge in [-0.05, 0) is 72.3 Å². The first kappa shape index (κ1) is 19.4. The molecule has 1 aromatic carbocycles. The molecule has 0 atom stereocenters. The highest BCUT2D eigenvalue weighted by molar-refractivity contribution is 5.98. The Balaban J connectivity index is 2.16. The third kappa shape index (κ3) is 4.12. The van der Waals surface area contributed by atoms with E-state index in [1.54, 1.807) is 6.20 Å². The zero-order chi connectivity index (χ0) is 20.1. The molecule has 1 aliphatic carbocycles. The maximum atomic E-state index is 12.0. The summed E-state index contributed by atoms with van der Waals surface area (Å²) in [6, 6.07) is 12.2. The maximum absolute atomic E-state index is 12.0. The SMILES string of the molecule is C=CN/C(=C(\C)c1ccc2c(c1)=CC(C(=O)OC)=CCC=2)c1cccc(C)n1. The fourth-order valence-corrected chi connectivity index (χ4v) is 3.22. The fourth-order valence-electron chi connectivity index (χ4n) is 3.22. The predicted molar refractivity (Wildman–Crippen MR) is 114 cm³/mol. The number of esters is 1. The molecule has 4 nitrogen and oxygen atoms in total. The van der Waals surface area contributed by atoms with Crippen LogP contribution in [-0.2, 0) is 9.53 Å². The molecule has 2 aromatic rings. The summed E-state index contributed by atoms with van der Waals surface area (Å²) in [4.78, 5) is 16.6. The first-order valence-corrected chi connectivity index (χ1v) is 9.16. The summed E-state index contributed by atoms with van der Waals surface area (Å²) in [5.41, 5.74) is 5.37. The fraction of sp³-hybridized carbons (Fsp3) is 0.167. The molecule has 0 bridgehead atoms. The summed E-state index contributed by atoms with van der Waals surface area (Å²) in [6.07, 6.45) is 8.22. The van der Waals surface area contributed by atoms with Crippen molar-refractivity contribution in [1.82, 2.24) is 10.3 Å². The summed E-state index contributed by atoms with van der Waals surface area (Å²) >= 11 is 0. The third-order valence-corrected chi connectivity index (χ3v) is 4.69. The lowest BCUT2D eigenvalue weighted by molar-refractivity contribution is -0.135. The molecule has 1 aromatic heterocycles. The van der Waals surface area contributed by atoms with Gasteiger partial charge in [-0.15, -0.1) is 0 Å². The number of nitrogens with zero attached hydrogens (tertiary/aromatic N) is 1. The molecule has 28 heavy (non-hydrogen) atoms. The number of carbonyl (C=O) groups excluding carboxylic acids is 1. The molecule has 0 amide bonds. The summed E-state index contributed by atoms with van der Waals surface area (Å²) in [6.45, 7) is 7.82. The number of allylic oxidation sites excluding steroid dienone is 2. The lowest BCUT2D eigenvalue weighted by Gasteiger charge is -2.13. The Kier molecular flexibility index (Phi) is 5.90. The number of fused-ring (bicyclic) bond motifs is 1. The third-order valence-electron chi connectivity index (χ3n) is 4.69. The molecule has 142 valence electrons. The van der Waals surface area contributed by atoms with Crippen LogP contribution in [0.2, 0.25) is 0 Å². The van der Waals surface area contributed by atoms with E-state index in [9.17, 15) is 4.79 Å². The highest BCUT2D eigenvalue weighted by Gasteiger charge is 2.11. The summed E-state index contributed by atoms with van der Waals surface area (Å²) in [5, 5.41) is 5.31. The molecule has 0 saturated heterocycles. The zero-order valence-corrected chi connectivity index (χ0v) is 16.5. The van der Waals surface area contributed by atoms with Crippen LogP contribution in [0, 0.1) is 6.92 Å². The molecule has 1 aliphatic rings. The van der Waals surface area contributed by atoms with Crippen molar-refractivity contribution in [2.24, 2.45) is 0 Å².